The van der Waals surface area contributed by atoms with Crippen LogP contribution in [-0.4, -0.2) is 29.3 Å². The average Bonchev–Trinajstić information content (AvgIpc) is 2.01. The van der Waals surface area contributed by atoms with Crippen molar-refractivity contribution in [1.82, 2.24) is 0 Å². The van der Waals surface area contributed by atoms with Crippen molar-refractivity contribution >= 4 is 29.3 Å². The first-order chi connectivity index (χ1) is 5.58. The van der Waals surface area contributed by atoms with E-state index in [-0.39, 0.29) is 0 Å². The number of hydrogen-bond donors (Lipinski definition) is 2. The van der Waals surface area contributed by atoms with Crippen LogP contribution >= 0.6 is 12.2 Å². The lowest BCUT2D eigenvalue weighted by atomic mass is 10.5. The van der Waals surface area contributed by atoms with Crippen molar-refractivity contribution in [1.29, 1.82) is 5.41 Å². The molecular formula is C6H7NO4S. The first-order valence-electron chi connectivity index (χ1n) is 2.61. The monoisotopic (exact) mass is 189 g/mol. The van der Waals surface area contributed by atoms with Crippen molar-refractivity contribution in [2.24, 2.45) is 0 Å². The first kappa shape index (κ1) is 13.1. The Morgan fingerprint density at radius 2 is 2.00 bits per heavy atom. The number of esters is 1. The number of carbonyl (C=O) groups is 2. The van der Waals surface area contributed by atoms with Gasteiger partial charge in [-0.2, -0.15) is 0 Å². The lowest BCUT2D eigenvalue weighted by Crippen LogP contribution is -1.96. The molecule has 0 aromatic carbocycles. The minimum Gasteiger partial charge on any atom is -0.478 e. The van der Waals surface area contributed by atoms with Crippen molar-refractivity contribution < 1.29 is 19.4 Å². The predicted octanol–water partition coefficient (Wildman–Crippen LogP) is 0.468. The van der Waals surface area contributed by atoms with Crippen LogP contribution in [0.5, 0.6) is 0 Å². The molecule has 0 spiro atoms. The molecule has 0 rings (SSSR count). The fourth-order valence-electron chi connectivity index (χ4n) is 0.207. The minimum absolute atomic E-state index is 0.669. The number of thiocarbonyl (C=S) groups is 1. The molecule has 0 saturated carbocycles. The summed E-state index contributed by atoms with van der Waals surface area (Å²) in [6, 6.07) is 0. The quantitative estimate of drug-likeness (QED) is 0.285. The third-order valence-corrected chi connectivity index (χ3v) is 0.563. The molecule has 0 aliphatic rings. The van der Waals surface area contributed by atoms with Crippen LogP contribution in [0, 0.1) is 5.41 Å². The van der Waals surface area contributed by atoms with Gasteiger partial charge in [0, 0.05) is 12.2 Å². The highest BCUT2D eigenvalue weighted by molar-refractivity contribution is 7.78. The smallest absolute Gasteiger partial charge is 0.330 e. The molecular weight excluding hydrogens is 182 g/mol. The Labute approximate surface area is 74.2 Å². The first-order valence-corrected chi connectivity index (χ1v) is 3.02. The van der Waals surface area contributed by atoms with Crippen molar-refractivity contribution in [2.75, 3.05) is 7.11 Å². The molecule has 0 heterocycles. The third-order valence-electron chi connectivity index (χ3n) is 0.563. The van der Waals surface area contributed by atoms with Gasteiger partial charge >= 0.3 is 11.9 Å². The molecule has 0 saturated heterocycles. The second-order valence-electron chi connectivity index (χ2n) is 1.30. The molecule has 0 aliphatic carbocycles. The molecule has 0 bridgehead atoms. The van der Waals surface area contributed by atoms with Crippen LogP contribution in [0.1, 0.15) is 0 Å². The summed E-state index contributed by atoms with van der Waals surface area (Å²) in [5, 5.41) is 15.3. The Morgan fingerprint density at radius 1 is 1.58 bits per heavy atom. The number of carbonyl (C=O) groups excluding carboxylic acids is 1. The second-order valence-corrected chi connectivity index (χ2v) is 1.50. The van der Waals surface area contributed by atoms with Gasteiger partial charge in [-0.05, 0) is 12.2 Å². The Morgan fingerprint density at radius 3 is 2.25 bits per heavy atom. The van der Waals surface area contributed by atoms with E-state index in [0.717, 1.165) is 6.08 Å². The summed E-state index contributed by atoms with van der Waals surface area (Å²) in [5.41, 5.74) is 0. The van der Waals surface area contributed by atoms with Crippen molar-refractivity contribution in [3.8, 4) is 0 Å². The van der Waals surface area contributed by atoms with Gasteiger partial charge in [0.25, 0.3) is 0 Å². The SMILES string of the molecule is COC(=O)C=CC(=O)O.N=C=S. The van der Waals surface area contributed by atoms with Crippen LogP contribution in [0.4, 0.5) is 0 Å². The van der Waals surface area contributed by atoms with Gasteiger partial charge < -0.3 is 9.84 Å². The van der Waals surface area contributed by atoms with Crippen LogP contribution in [-0.2, 0) is 14.3 Å². The number of ether oxygens (including phenoxy) is 1. The van der Waals surface area contributed by atoms with Crippen molar-refractivity contribution in [2.45, 2.75) is 0 Å². The zero-order valence-corrected chi connectivity index (χ0v) is 7.05. The van der Waals surface area contributed by atoms with Gasteiger partial charge in [0.1, 0.15) is 0 Å². The fourth-order valence-corrected chi connectivity index (χ4v) is 0.207. The van der Waals surface area contributed by atoms with E-state index in [1.54, 1.807) is 5.16 Å². The Balaban J connectivity index is 0. The van der Waals surface area contributed by atoms with Gasteiger partial charge in [0.2, 0.25) is 0 Å². The van der Waals surface area contributed by atoms with Crippen LogP contribution in [0.3, 0.4) is 0 Å². The maximum atomic E-state index is 10.1. The summed E-state index contributed by atoms with van der Waals surface area (Å²) in [6.07, 6.45) is 1.55. The molecule has 5 nitrogen and oxygen atoms in total. The molecule has 0 radical (unpaired) electrons. The summed E-state index contributed by atoms with van der Waals surface area (Å²) in [4.78, 5) is 19.9. The highest BCUT2D eigenvalue weighted by atomic mass is 32.1. The minimum atomic E-state index is -1.17. The van der Waals surface area contributed by atoms with E-state index in [1.807, 2.05) is 0 Å². The van der Waals surface area contributed by atoms with Crippen LogP contribution in [0.25, 0.3) is 0 Å². The molecule has 0 fully saturated rings. The number of rotatable bonds is 2. The van der Waals surface area contributed by atoms with Crippen molar-refractivity contribution in [3.05, 3.63) is 12.2 Å². The summed E-state index contributed by atoms with van der Waals surface area (Å²) < 4.78 is 4.11. The van der Waals surface area contributed by atoms with Crippen LogP contribution < -0.4 is 0 Å². The molecule has 12 heavy (non-hydrogen) atoms. The van der Waals surface area contributed by atoms with Gasteiger partial charge in [-0.3, -0.25) is 0 Å². The number of nitrogens with one attached hydrogen (secondary N) is 1. The topological polar surface area (TPSA) is 87.5 Å². The number of aliphatic carboxylic acids is 1. The molecule has 2 N–H and O–H groups in total. The number of carboxylic acids is 1. The molecule has 6 heteroatoms. The lowest BCUT2D eigenvalue weighted by molar-refractivity contribution is -0.136. The van der Waals surface area contributed by atoms with Crippen LogP contribution in [0.2, 0.25) is 0 Å². The van der Waals surface area contributed by atoms with Gasteiger partial charge in [-0.1, -0.05) is 0 Å². The third kappa shape index (κ3) is 15.8. The Kier molecular flexibility index (Phi) is 10.3. The standard InChI is InChI=1S/C5H6O4.CHNS/c1-9-5(8)3-2-4(6)7;2-1-3/h2-3H,1H3,(H,6,7);2H. The van der Waals surface area contributed by atoms with E-state index < -0.39 is 11.9 Å². The summed E-state index contributed by atoms with van der Waals surface area (Å²) >= 11 is 3.81. The second kappa shape index (κ2) is 9.48. The van der Waals surface area contributed by atoms with Gasteiger partial charge in [-0.25, -0.2) is 15.0 Å². The van der Waals surface area contributed by atoms with Crippen LogP contribution in [0.15, 0.2) is 12.2 Å². The number of methoxy groups -OCH3 is 1. The Bertz CT molecular complexity index is 218. The van der Waals surface area contributed by atoms with E-state index in [9.17, 15) is 9.59 Å². The predicted molar refractivity (Wildman–Crippen MR) is 44.1 cm³/mol. The molecule has 0 aromatic heterocycles. The molecule has 0 atom stereocenters. The van der Waals surface area contributed by atoms with E-state index >= 15 is 0 Å². The number of isothiocyanates is 1. The number of hydrogen-bond acceptors (Lipinski definition) is 5. The zero-order chi connectivity index (χ0) is 9.98. The summed E-state index contributed by atoms with van der Waals surface area (Å²) in [7, 11) is 1.18. The zero-order valence-electron chi connectivity index (χ0n) is 6.23. The van der Waals surface area contributed by atoms with Gasteiger partial charge in [0.05, 0.1) is 12.3 Å². The summed E-state index contributed by atoms with van der Waals surface area (Å²) in [5.74, 6) is -1.84. The molecule has 0 aromatic rings. The van der Waals surface area contributed by atoms with Gasteiger partial charge in [-0.15, -0.1) is 0 Å². The highest BCUT2D eigenvalue weighted by Gasteiger charge is 1.91. The maximum absolute atomic E-state index is 10.1. The lowest BCUT2D eigenvalue weighted by Gasteiger charge is -1.85. The van der Waals surface area contributed by atoms with Crippen molar-refractivity contribution in [3.63, 3.8) is 0 Å². The molecule has 0 unspecified atom stereocenters. The largest absolute Gasteiger partial charge is 0.478 e. The fraction of sp³-hybridized carbons (Fsp3) is 0.167. The molecule has 0 amide bonds. The molecule has 0 aliphatic heterocycles. The van der Waals surface area contributed by atoms with E-state index in [0.29, 0.717) is 6.08 Å². The summed E-state index contributed by atoms with van der Waals surface area (Å²) in [6.45, 7) is 0. The van der Waals surface area contributed by atoms with E-state index in [1.165, 1.54) is 7.11 Å². The maximum Gasteiger partial charge on any atom is 0.330 e. The number of carboxylic acid groups (broad SMARTS) is 1. The molecule has 66 valence electrons. The normalized spacial score (nSPS) is 7.75. The average molecular weight is 189 g/mol. The van der Waals surface area contributed by atoms with Gasteiger partial charge in [0.15, 0.2) is 0 Å². The van der Waals surface area contributed by atoms with E-state index in [4.69, 9.17) is 10.5 Å². The highest BCUT2D eigenvalue weighted by Crippen LogP contribution is 1.76. The van der Waals surface area contributed by atoms with E-state index in [2.05, 4.69) is 17.0 Å². The Hall–Kier alpha value is -1.52.